The molecule has 0 saturated carbocycles. The molecule has 0 radical (unpaired) electrons. The summed E-state index contributed by atoms with van der Waals surface area (Å²) in [5, 5.41) is 19.0. The maximum absolute atomic E-state index is 12.8. The molecule has 3 rings (SSSR count). The van der Waals surface area contributed by atoms with Crippen LogP contribution in [0.3, 0.4) is 0 Å². The van der Waals surface area contributed by atoms with Crippen molar-refractivity contribution in [2.45, 2.75) is 33.3 Å². The van der Waals surface area contributed by atoms with Crippen LogP contribution in [0.5, 0.6) is 5.75 Å². The van der Waals surface area contributed by atoms with Crippen LogP contribution < -0.4 is 4.74 Å². The summed E-state index contributed by atoms with van der Waals surface area (Å²) in [5.41, 5.74) is 0.632. The molecule has 1 amide bonds. The minimum Gasteiger partial charge on any atom is -0.479 e. The van der Waals surface area contributed by atoms with Crippen molar-refractivity contribution in [3.05, 3.63) is 39.7 Å². The molecule has 1 atom stereocenters. The van der Waals surface area contributed by atoms with Gasteiger partial charge in [-0.2, -0.15) is 4.99 Å². The maximum atomic E-state index is 12.8. The fourth-order valence-corrected chi connectivity index (χ4v) is 4.25. The Balaban J connectivity index is 1.92. The van der Waals surface area contributed by atoms with E-state index < -0.39 is 12.1 Å². The average Bonchev–Trinajstić information content (AvgIpc) is 3.23. The van der Waals surface area contributed by atoms with Gasteiger partial charge in [-0.25, -0.2) is 4.79 Å². The van der Waals surface area contributed by atoms with Crippen molar-refractivity contribution in [3.8, 4) is 5.75 Å². The fraction of sp³-hybridized carbons (Fsp3) is 0.316. The van der Waals surface area contributed by atoms with Crippen molar-refractivity contribution in [2.75, 3.05) is 6.54 Å². The number of aryl methyl sites for hydroxylation is 1. The Hall–Kier alpha value is -2.72. The number of carboxylic acids is 1. The Labute approximate surface area is 176 Å². The lowest BCUT2D eigenvalue weighted by molar-refractivity contribution is -0.145. The summed E-state index contributed by atoms with van der Waals surface area (Å²) in [5.74, 6) is -0.784. The molecule has 1 aromatic carbocycles. The number of thioether (sulfide) groups is 1. The molecule has 2 heterocycles. The monoisotopic (exact) mass is 432 g/mol. The second-order valence-electron chi connectivity index (χ2n) is 6.05. The zero-order valence-electron chi connectivity index (χ0n) is 16.2. The van der Waals surface area contributed by atoms with Gasteiger partial charge in [0, 0.05) is 12.1 Å². The van der Waals surface area contributed by atoms with Gasteiger partial charge in [-0.3, -0.25) is 9.69 Å². The molecular weight excluding hydrogens is 412 g/mol. The van der Waals surface area contributed by atoms with Crippen LogP contribution in [-0.4, -0.2) is 49.9 Å². The standard InChI is InChI=1S/C19H20N4O4S2/c1-4-13(17(25)26)27-14-9-7-6-8-12(14)10-15-16(24)23(5-2)19(29-15)20-18-22-21-11(3)28-18/h6-10,13H,4-5H2,1-3H3,(H,25,26)/b15-10+,20-19+. The molecule has 29 heavy (non-hydrogen) atoms. The first-order valence-electron chi connectivity index (χ1n) is 9.01. The highest BCUT2D eigenvalue weighted by atomic mass is 32.2. The Bertz CT molecular complexity index is 986. The summed E-state index contributed by atoms with van der Waals surface area (Å²) in [6.45, 7) is 5.93. The van der Waals surface area contributed by atoms with Gasteiger partial charge in [0.2, 0.25) is 5.13 Å². The van der Waals surface area contributed by atoms with Crippen LogP contribution in [0.25, 0.3) is 6.08 Å². The van der Waals surface area contributed by atoms with Gasteiger partial charge < -0.3 is 9.84 Å². The number of nitrogens with zero attached hydrogens (tertiary/aromatic N) is 4. The Morgan fingerprint density at radius 1 is 1.34 bits per heavy atom. The van der Waals surface area contributed by atoms with Crippen LogP contribution in [0.15, 0.2) is 34.2 Å². The first kappa shape index (κ1) is 21.0. The SMILES string of the molecule is CCC(Oc1ccccc1/C=C1/S/C(=N/c2nnc(C)s2)N(CC)C1=O)C(=O)O. The summed E-state index contributed by atoms with van der Waals surface area (Å²) in [6.07, 6.45) is 1.08. The van der Waals surface area contributed by atoms with Gasteiger partial charge >= 0.3 is 5.97 Å². The van der Waals surface area contributed by atoms with Crippen LogP contribution in [0.1, 0.15) is 30.8 Å². The van der Waals surface area contributed by atoms with Crippen molar-refractivity contribution < 1.29 is 19.4 Å². The number of aromatic nitrogens is 2. The number of hydrogen-bond acceptors (Lipinski definition) is 8. The van der Waals surface area contributed by atoms with Gasteiger partial charge in [0.15, 0.2) is 11.3 Å². The van der Waals surface area contributed by atoms with E-state index in [9.17, 15) is 14.7 Å². The van der Waals surface area contributed by atoms with E-state index in [1.165, 1.54) is 23.1 Å². The van der Waals surface area contributed by atoms with Gasteiger partial charge in [0.1, 0.15) is 10.8 Å². The third-order valence-corrected chi connectivity index (χ3v) is 5.77. The Morgan fingerprint density at radius 3 is 2.72 bits per heavy atom. The lowest BCUT2D eigenvalue weighted by Gasteiger charge is -2.15. The highest BCUT2D eigenvalue weighted by Gasteiger charge is 2.33. The quantitative estimate of drug-likeness (QED) is 0.665. The normalized spacial score (nSPS) is 17.9. The summed E-state index contributed by atoms with van der Waals surface area (Å²) in [7, 11) is 0. The second kappa shape index (κ2) is 9.19. The smallest absolute Gasteiger partial charge is 0.344 e. The van der Waals surface area contributed by atoms with Crippen molar-refractivity contribution in [3.63, 3.8) is 0 Å². The van der Waals surface area contributed by atoms with Crippen LogP contribution >= 0.6 is 23.1 Å². The van der Waals surface area contributed by atoms with Crippen LogP contribution in [0, 0.1) is 6.92 Å². The zero-order valence-corrected chi connectivity index (χ0v) is 17.8. The summed E-state index contributed by atoms with van der Waals surface area (Å²) in [6, 6.07) is 7.04. The van der Waals surface area contributed by atoms with Crippen LogP contribution in [0.4, 0.5) is 5.13 Å². The molecular formula is C19H20N4O4S2. The molecule has 10 heteroatoms. The first-order valence-corrected chi connectivity index (χ1v) is 10.6. The van der Waals surface area contributed by atoms with Gasteiger partial charge in [0.05, 0.1) is 4.91 Å². The summed E-state index contributed by atoms with van der Waals surface area (Å²) in [4.78, 5) is 30.7. The van der Waals surface area contributed by atoms with Crippen LogP contribution in [0.2, 0.25) is 0 Å². The molecule has 1 aliphatic heterocycles. The van der Waals surface area contributed by atoms with Crippen molar-refractivity contribution >= 4 is 51.4 Å². The van der Waals surface area contributed by atoms with Gasteiger partial charge in [0.25, 0.3) is 5.91 Å². The number of amidine groups is 1. The molecule has 0 bridgehead atoms. The average molecular weight is 433 g/mol. The maximum Gasteiger partial charge on any atom is 0.344 e. The minimum atomic E-state index is -1.03. The zero-order chi connectivity index (χ0) is 21.0. The van der Waals surface area contributed by atoms with E-state index in [2.05, 4.69) is 15.2 Å². The molecule has 0 aliphatic carbocycles. The van der Waals surface area contributed by atoms with Crippen LogP contribution in [-0.2, 0) is 9.59 Å². The number of rotatable bonds is 7. The number of benzene rings is 1. The third-order valence-electron chi connectivity index (χ3n) is 4.03. The number of hydrogen-bond donors (Lipinski definition) is 1. The molecule has 0 spiro atoms. The number of aliphatic carboxylic acids is 1. The molecule has 2 aromatic rings. The van der Waals surface area contributed by atoms with Crippen molar-refractivity contribution in [1.29, 1.82) is 0 Å². The van der Waals surface area contributed by atoms with Gasteiger partial charge in [-0.1, -0.05) is 36.5 Å². The summed E-state index contributed by atoms with van der Waals surface area (Å²) < 4.78 is 5.66. The number of para-hydroxylation sites is 1. The number of amides is 1. The van der Waals surface area contributed by atoms with E-state index in [1.54, 1.807) is 36.1 Å². The predicted molar refractivity (Wildman–Crippen MR) is 113 cm³/mol. The summed E-state index contributed by atoms with van der Waals surface area (Å²) >= 11 is 2.60. The highest BCUT2D eigenvalue weighted by molar-refractivity contribution is 8.18. The molecule has 152 valence electrons. The van der Waals surface area contributed by atoms with E-state index >= 15 is 0 Å². The van der Waals surface area contributed by atoms with Gasteiger partial charge in [-0.05, 0) is 44.2 Å². The van der Waals surface area contributed by atoms with Crippen molar-refractivity contribution in [2.24, 2.45) is 4.99 Å². The van der Waals surface area contributed by atoms with E-state index in [4.69, 9.17) is 4.74 Å². The lowest BCUT2D eigenvalue weighted by Crippen LogP contribution is -2.28. The number of carboxylic acid groups (broad SMARTS) is 1. The number of aliphatic imine (C=N–C) groups is 1. The van der Waals surface area contributed by atoms with E-state index in [1.807, 2.05) is 19.9 Å². The molecule has 8 nitrogen and oxygen atoms in total. The number of carbonyl (C=O) groups is 2. The second-order valence-corrected chi connectivity index (χ2v) is 8.22. The van der Waals surface area contributed by atoms with E-state index in [0.717, 1.165) is 5.01 Å². The number of likely N-dealkylation sites (N-methyl/N-ethyl adjacent to an activating group) is 1. The molecule has 1 N–H and O–H groups in total. The largest absolute Gasteiger partial charge is 0.479 e. The Kier molecular flexibility index (Phi) is 6.65. The molecule has 1 fully saturated rings. The number of ether oxygens (including phenoxy) is 1. The minimum absolute atomic E-state index is 0.169. The Morgan fingerprint density at radius 2 is 2.10 bits per heavy atom. The molecule has 1 saturated heterocycles. The molecule has 1 aliphatic rings. The van der Waals surface area contributed by atoms with Crippen molar-refractivity contribution in [1.82, 2.24) is 15.1 Å². The highest BCUT2D eigenvalue weighted by Crippen LogP contribution is 2.36. The molecule has 1 unspecified atom stereocenters. The first-order chi connectivity index (χ1) is 13.9. The van der Waals surface area contributed by atoms with E-state index in [0.29, 0.717) is 39.5 Å². The van der Waals surface area contributed by atoms with E-state index in [-0.39, 0.29) is 5.91 Å². The fourth-order valence-electron chi connectivity index (χ4n) is 2.59. The molecule has 1 aromatic heterocycles. The lowest BCUT2D eigenvalue weighted by atomic mass is 10.1. The third kappa shape index (κ3) is 4.83. The van der Waals surface area contributed by atoms with Gasteiger partial charge in [-0.15, -0.1) is 10.2 Å². The number of carbonyl (C=O) groups excluding carboxylic acids is 1. The topological polar surface area (TPSA) is 105 Å². The predicted octanol–water partition coefficient (Wildman–Crippen LogP) is 3.71.